The number of rotatable bonds is 10. The van der Waals surface area contributed by atoms with Crippen LogP contribution in [-0.2, 0) is 32.4 Å². The van der Waals surface area contributed by atoms with E-state index in [0.717, 1.165) is 16.9 Å². The van der Waals surface area contributed by atoms with E-state index < -0.39 is 5.97 Å². The molecule has 0 radical (unpaired) electrons. The van der Waals surface area contributed by atoms with E-state index in [1.165, 1.54) is 14.2 Å². The molecule has 0 fully saturated rings. The number of esters is 1. The van der Waals surface area contributed by atoms with Gasteiger partial charge in [0, 0.05) is 11.1 Å². The Hall–Kier alpha value is -4.13. The van der Waals surface area contributed by atoms with Gasteiger partial charge in [-0.2, -0.15) is 0 Å². The zero-order valence-electron chi connectivity index (χ0n) is 17.9. The van der Waals surface area contributed by atoms with Gasteiger partial charge in [-0.3, -0.25) is 0 Å². The minimum Gasteiger partial charge on any atom is -0.489 e. The van der Waals surface area contributed by atoms with Crippen LogP contribution >= 0.6 is 0 Å². The molecule has 0 N–H and O–H groups in total. The number of hydrogen-bond donors (Lipinski definition) is 0. The predicted molar refractivity (Wildman–Crippen MR) is 122 cm³/mol. The van der Waals surface area contributed by atoms with Crippen LogP contribution in [0.5, 0.6) is 5.75 Å². The van der Waals surface area contributed by atoms with Gasteiger partial charge in [-0.1, -0.05) is 77.0 Å². The molecule has 7 nitrogen and oxygen atoms in total. The Balaban J connectivity index is 1.62. The van der Waals surface area contributed by atoms with Crippen molar-refractivity contribution in [2.45, 2.75) is 13.2 Å². The van der Waals surface area contributed by atoms with E-state index in [1.807, 2.05) is 66.7 Å². The lowest BCUT2D eigenvalue weighted by molar-refractivity contribution is -0.132. The molecule has 0 bridgehead atoms. The molecule has 0 saturated carbocycles. The molecule has 0 aromatic heterocycles. The Morgan fingerprint density at radius 3 is 2.47 bits per heavy atom. The molecule has 7 heteroatoms. The number of carbonyl (C=O) groups is 1. The van der Waals surface area contributed by atoms with Crippen LogP contribution in [0.2, 0.25) is 0 Å². The minimum absolute atomic E-state index is 0.0569. The Kier molecular flexibility index (Phi) is 8.39. The molecule has 0 atom stereocenters. The topological polar surface area (TPSA) is 78.7 Å². The fourth-order valence-electron chi connectivity index (χ4n) is 2.89. The molecule has 0 heterocycles. The van der Waals surface area contributed by atoms with E-state index in [2.05, 4.69) is 10.3 Å². The highest BCUT2D eigenvalue weighted by Gasteiger charge is 2.19. The summed E-state index contributed by atoms with van der Waals surface area (Å²) in [5.74, 6) is 0.136. The molecule has 0 unspecified atom stereocenters. The third kappa shape index (κ3) is 6.43. The first-order valence-electron chi connectivity index (χ1n) is 9.91. The summed E-state index contributed by atoms with van der Waals surface area (Å²) in [4.78, 5) is 22.3. The van der Waals surface area contributed by atoms with Crippen LogP contribution in [0.1, 0.15) is 22.3 Å². The molecule has 3 aromatic carbocycles. The molecule has 3 rings (SSSR count). The van der Waals surface area contributed by atoms with Gasteiger partial charge in [-0.25, -0.2) is 4.79 Å². The van der Waals surface area contributed by atoms with Crippen molar-refractivity contribution < 1.29 is 23.9 Å². The molecule has 0 saturated heterocycles. The minimum atomic E-state index is -0.602. The number of hydrogen-bond acceptors (Lipinski definition) is 7. The summed E-state index contributed by atoms with van der Waals surface area (Å²) >= 11 is 0. The highest BCUT2D eigenvalue weighted by atomic mass is 16.6. The SMILES string of the molecule is CON=C(C(=O)OC)c1ccccc1CON=Cc1cccc(OCc2ccccc2)c1. The smallest absolute Gasteiger partial charge is 0.360 e. The van der Waals surface area contributed by atoms with Crippen LogP contribution < -0.4 is 4.74 Å². The average molecular weight is 432 g/mol. The van der Waals surface area contributed by atoms with Crippen molar-refractivity contribution in [2.24, 2.45) is 10.3 Å². The molecular weight excluding hydrogens is 408 g/mol. The number of benzene rings is 3. The fourth-order valence-corrected chi connectivity index (χ4v) is 2.89. The van der Waals surface area contributed by atoms with Crippen molar-refractivity contribution in [3.63, 3.8) is 0 Å². The predicted octanol–water partition coefficient (Wildman–Crippen LogP) is 4.34. The van der Waals surface area contributed by atoms with Gasteiger partial charge in [0.25, 0.3) is 0 Å². The zero-order valence-corrected chi connectivity index (χ0v) is 17.9. The highest BCUT2D eigenvalue weighted by molar-refractivity contribution is 6.43. The first-order chi connectivity index (χ1) is 15.7. The van der Waals surface area contributed by atoms with Crippen molar-refractivity contribution in [2.75, 3.05) is 14.2 Å². The van der Waals surface area contributed by atoms with E-state index in [4.69, 9.17) is 19.1 Å². The maximum atomic E-state index is 12.0. The normalized spacial score (nSPS) is 11.2. The summed E-state index contributed by atoms with van der Waals surface area (Å²) in [7, 11) is 2.65. The van der Waals surface area contributed by atoms with Crippen molar-refractivity contribution in [3.8, 4) is 5.75 Å². The molecule has 32 heavy (non-hydrogen) atoms. The summed E-state index contributed by atoms with van der Waals surface area (Å²) in [6.07, 6.45) is 1.60. The lowest BCUT2D eigenvalue weighted by Gasteiger charge is -2.09. The van der Waals surface area contributed by atoms with Crippen LogP contribution in [0.3, 0.4) is 0 Å². The van der Waals surface area contributed by atoms with Gasteiger partial charge in [-0.15, -0.1) is 0 Å². The van der Waals surface area contributed by atoms with Gasteiger partial charge < -0.3 is 19.1 Å². The van der Waals surface area contributed by atoms with Gasteiger partial charge in [0.2, 0.25) is 0 Å². The highest BCUT2D eigenvalue weighted by Crippen LogP contribution is 2.15. The molecule has 0 amide bonds. The Bertz CT molecular complexity index is 1080. The third-order valence-corrected chi connectivity index (χ3v) is 4.44. The largest absolute Gasteiger partial charge is 0.489 e. The quantitative estimate of drug-likeness (QED) is 0.271. The van der Waals surface area contributed by atoms with Crippen molar-refractivity contribution in [3.05, 3.63) is 101 Å². The fraction of sp³-hybridized carbons (Fsp3) is 0.160. The lowest BCUT2D eigenvalue weighted by atomic mass is 10.0. The summed E-state index contributed by atoms with van der Waals surface area (Å²) < 4.78 is 10.6. The van der Waals surface area contributed by atoms with Crippen LogP contribution in [0, 0.1) is 0 Å². The second-order valence-electron chi connectivity index (χ2n) is 6.63. The van der Waals surface area contributed by atoms with Gasteiger partial charge in [-0.05, 0) is 23.3 Å². The second-order valence-corrected chi connectivity index (χ2v) is 6.63. The molecular formula is C25H24N2O5. The van der Waals surface area contributed by atoms with Crippen molar-refractivity contribution >= 4 is 17.9 Å². The first-order valence-corrected chi connectivity index (χ1v) is 9.91. The first kappa shape index (κ1) is 22.6. The van der Waals surface area contributed by atoms with Crippen LogP contribution in [0.4, 0.5) is 0 Å². The van der Waals surface area contributed by atoms with Gasteiger partial charge in [0.05, 0.1) is 13.3 Å². The van der Waals surface area contributed by atoms with Crippen LogP contribution in [0.15, 0.2) is 89.2 Å². The standard InChI is InChI=1S/C25H24N2O5/c1-29-25(28)24(27-30-2)23-14-7-6-12-21(23)18-32-26-16-20-11-8-13-22(15-20)31-17-19-9-4-3-5-10-19/h3-16H,17-18H2,1-2H3. The number of ether oxygens (including phenoxy) is 2. The summed E-state index contributed by atoms with van der Waals surface area (Å²) in [5, 5.41) is 7.82. The molecule has 0 aliphatic heterocycles. The van der Waals surface area contributed by atoms with Crippen molar-refractivity contribution in [1.29, 1.82) is 0 Å². The maximum Gasteiger partial charge on any atom is 0.360 e. The van der Waals surface area contributed by atoms with E-state index in [1.54, 1.807) is 18.3 Å². The van der Waals surface area contributed by atoms with Gasteiger partial charge in [0.1, 0.15) is 26.1 Å². The third-order valence-electron chi connectivity index (χ3n) is 4.44. The summed E-state index contributed by atoms with van der Waals surface area (Å²) in [6, 6.07) is 24.7. The maximum absolute atomic E-state index is 12.0. The molecule has 0 aliphatic carbocycles. The van der Waals surface area contributed by atoms with Crippen LogP contribution in [0.25, 0.3) is 0 Å². The average Bonchev–Trinajstić information content (AvgIpc) is 2.85. The summed E-state index contributed by atoms with van der Waals surface area (Å²) in [6.45, 7) is 0.622. The Morgan fingerprint density at radius 1 is 0.906 bits per heavy atom. The van der Waals surface area contributed by atoms with Crippen molar-refractivity contribution in [1.82, 2.24) is 0 Å². The van der Waals surface area contributed by atoms with E-state index in [9.17, 15) is 4.79 Å². The van der Waals surface area contributed by atoms with Gasteiger partial charge >= 0.3 is 5.97 Å². The summed E-state index contributed by atoms with van der Waals surface area (Å²) in [5.41, 5.74) is 3.25. The molecule has 0 spiro atoms. The van der Waals surface area contributed by atoms with E-state index >= 15 is 0 Å². The number of oxime groups is 2. The molecule has 0 aliphatic rings. The monoisotopic (exact) mass is 432 g/mol. The number of carbonyl (C=O) groups excluding carboxylic acids is 1. The van der Waals surface area contributed by atoms with E-state index in [0.29, 0.717) is 17.7 Å². The zero-order chi connectivity index (χ0) is 22.6. The van der Waals surface area contributed by atoms with E-state index in [-0.39, 0.29) is 12.3 Å². The number of nitrogens with zero attached hydrogens (tertiary/aromatic N) is 2. The molecule has 164 valence electrons. The molecule has 3 aromatic rings. The van der Waals surface area contributed by atoms with Crippen LogP contribution in [-0.4, -0.2) is 32.1 Å². The Morgan fingerprint density at radius 2 is 1.69 bits per heavy atom. The lowest BCUT2D eigenvalue weighted by Crippen LogP contribution is -2.19. The Labute approximate surface area is 186 Å². The number of methoxy groups -OCH3 is 1. The van der Waals surface area contributed by atoms with Gasteiger partial charge in [0.15, 0.2) is 5.71 Å². The second kappa shape index (κ2) is 11.9.